The lowest BCUT2D eigenvalue weighted by Crippen LogP contribution is -2.24. The van der Waals surface area contributed by atoms with Gasteiger partial charge >= 0.3 is 0 Å². The van der Waals surface area contributed by atoms with E-state index < -0.39 is 10.7 Å². The van der Waals surface area contributed by atoms with Crippen LogP contribution in [0.1, 0.15) is 29.7 Å². The van der Waals surface area contributed by atoms with E-state index in [1.54, 1.807) is 6.33 Å². The number of rotatable bonds is 4. The van der Waals surface area contributed by atoms with Crippen molar-refractivity contribution in [1.29, 1.82) is 4.78 Å². The van der Waals surface area contributed by atoms with E-state index in [2.05, 4.69) is 51.2 Å². The lowest BCUT2D eigenvalue weighted by molar-refractivity contribution is 0.825. The van der Waals surface area contributed by atoms with Crippen LogP contribution in [0.3, 0.4) is 0 Å². The van der Waals surface area contributed by atoms with Crippen molar-refractivity contribution in [2.75, 3.05) is 24.2 Å². The standard InChI is InChI=1S/C18H22N6S/c1-13-16(11-14-5-7-15(8-6-14)25(2)19)17(23-9-3-4-10-23)24-18(22-13)20-12-21-24/h5-8,12,19H,3-4,9-11H2,1-2H3/t25-/m0/s1. The smallest absolute Gasteiger partial charge is 0.254 e. The van der Waals surface area contributed by atoms with Gasteiger partial charge in [0.05, 0.1) is 0 Å². The normalized spacial score (nSPS) is 15.8. The van der Waals surface area contributed by atoms with Gasteiger partial charge in [0.2, 0.25) is 0 Å². The number of nitrogens with one attached hydrogen (secondary N) is 1. The SMILES string of the molecule is Cc1nc2ncnn2c(N2CCCC2)c1Cc1ccc([S@](C)=N)cc1. The Morgan fingerprint density at radius 3 is 2.56 bits per heavy atom. The summed E-state index contributed by atoms with van der Waals surface area (Å²) in [7, 11) is -0.451. The molecule has 3 heterocycles. The quantitative estimate of drug-likeness (QED) is 0.782. The molecular formula is C18H22N6S. The average Bonchev–Trinajstić information content (AvgIpc) is 3.27. The molecule has 0 bridgehead atoms. The Labute approximate surface area is 149 Å². The minimum atomic E-state index is -0.451. The van der Waals surface area contributed by atoms with Crippen molar-refractivity contribution in [3.05, 3.63) is 47.4 Å². The van der Waals surface area contributed by atoms with Crippen molar-refractivity contribution in [3.63, 3.8) is 0 Å². The summed E-state index contributed by atoms with van der Waals surface area (Å²) in [6.07, 6.45) is 6.75. The van der Waals surface area contributed by atoms with Crippen LogP contribution in [0.15, 0.2) is 35.5 Å². The van der Waals surface area contributed by atoms with Crippen LogP contribution in [-0.4, -0.2) is 38.9 Å². The molecule has 2 aromatic heterocycles. The third kappa shape index (κ3) is 3.04. The molecule has 0 spiro atoms. The van der Waals surface area contributed by atoms with Gasteiger partial charge < -0.3 is 4.90 Å². The zero-order chi connectivity index (χ0) is 17.4. The molecule has 4 rings (SSSR count). The van der Waals surface area contributed by atoms with Gasteiger partial charge in [-0.15, -0.1) is 0 Å². The summed E-state index contributed by atoms with van der Waals surface area (Å²) in [6.45, 7) is 4.18. The fourth-order valence-electron chi connectivity index (χ4n) is 3.44. The molecule has 130 valence electrons. The molecule has 0 aliphatic carbocycles. The van der Waals surface area contributed by atoms with Gasteiger partial charge in [-0.25, -0.2) is 4.98 Å². The van der Waals surface area contributed by atoms with Crippen molar-refractivity contribution < 1.29 is 0 Å². The number of nitrogens with zero attached hydrogens (tertiary/aromatic N) is 5. The lowest BCUT2D eigenvalue weighted by atomic mass is 10.0. The van der Waals surface area contributed by atoms with E-state index in [4.69, 9.17) is 4.78 Å². The van der Waals surface area contributed by atoms with Crippen LogP contribution in [0, 0.1) is 11.7 Å². The minimum Gasteiger partial charge on any atom is -0.356 e. The summed E-state index contributed by atoms with van der Waals surface area (Å²) in [5, 5.41) is 4.42. The minimum absolute atomic E-state index is 0.451. The van der Waals surface area contributed by atoms with Crippen LogP contribution >= 0.6 is 0 Å². The van der Waals surface area contributed by atoms with Crippen LogP contribution < -0.4 is 4.90 Å². The number of hydrogen-bond donors (Lipinski definition) is 1. The molecule has 3 aromatic rings. The van der Waals surface area contributed by atoms with Gasteiger partial charge in [0.25, 0.3) is 5.78 Å². The Morgan fingerprint density at radius 1 is 1.16 bits per heavy atom. The van der Waals surface area contributed by atoms with Crippen LogP contribution in [-0.2, 0) is 17.1 Å². The van der Waals surface area contributed by atoms with E-state index in [1.165, 1.54) is 24.0 Å². The van der Waals surface area contributed by atoms with Crippen molar-refractivity contribution in [2.24, 2.45) is 0 Å². The predicted molar refractivity (Wildman–Crippen MR) is 100 cm³/mol. The molecular weight excluding hydrogens is 332 g/mol. The zero-order valence-electron chi connectivity index (χ0n) is 14.6. The maximum absolute atomic E-state index is 7.86. The number of anilines is 1. The van der Waals surface area contributed by atoms with Gasteiger partial charge in [-0.2, -0.15) is 14.6 Å². The highest BCUT2D eigenvalue weighted by Crippen LogP contribution is 2.28. The maximum Gasteiger partial charge on any atom is 0.254 e. The van der Waals surface area contributed by atoms with E-state index in [0.29, 0.717) is 5.78 Å². The predicted octanol–water partition coefficient (Wildman–Crippen LogP) is 2.99. The highest BCUT2D eigenvalue weighted by Gasteiger charge is 2.22. The first-order chi connectivity index (χ1) is 12.1. The molecule has 0 unspecified atom stereocenters. The van der Waals surface area contributed by atoms with E-state index in [9.17, 15) is 0 Å². The average molecular weight is 354 g/mol. The second kappa shape index (κ2) is 6.55. The molecule has 6 nitrogen and oxygen atoms in total. The summed E-state index contributed by atoms with van der Waals surface area (Å²) in [6, 6.07) is 8.40. The molecule has 25 heavy (non-hydrogen) atoms. The summed E-state index contributed by atoms with van der Waals surface area (Å²) < 4.78 is 9.74. The molecule has 1 aliphatic heterocycles. The molecule has 1 saturated heterocycles. The van der Waals surface area contributed by atoms with Gasteiger partial charge in [0, 0.05) is 35.7 Å². The van der Waals surface area contributed by atoms with Gasteiger partial charge in [-0.05, 0) is 43.7 Å². The first kappa shape index (κ1) is 16.2. The van der Waals surface area contributed by atoms with Gasteiger partial charge in [-0.1, -0.05) is 22.8 Å². The van der Waals surface area contributed by atoms with Crippen LogP contribution in [0.5, 0.6) is 0 Å². The van der Waals surface area contributed by atoms with Gasteiger partial charge in [0.1, 0.15) is 12.1 Å². The summed E-state index contributed by atoms with van der Waals surface area (Å²) in [4.78, 5) is 12.4. The Morgan fingerprint density at radius 2 is 1.88 bits per heavy atom. The third-order valence-corrected chi connectivity index (χ3v) is 5.75. The Hall–Kier alpha value is -2.28. The zero-order valence-corrected chi connectivity index (χ0v) is 15.4. The highest BCUT2D eigenvalue weighted by atomic mass is 32.2. The number of benzene rings is 1. The van der Waals surface area contributed by atoms with E-state index in [1.807, 2.05) is 10.8 Å². The highest BCUT2D eigenvalue weighted by molar-refractivity contribution is 7.85. The summed E-state index contributed by atoms with van der Waals surface area (Å²) in [5.74, 6) is 1.81. The van der Waals surface area contributed by atoms with Crippen molar-refractivity contribution >= 4 is 22.3 Å². The molecule has 1 N–H and O–H groups in total. The fourth-order valence-corrected chi connectivity index (χ4v) is 3.99. The second-order valence-electron chi connectivity index (χ2n) is 6.50. The molecule has 1 aliphatic rings. The Bertz CT molecular complexity index is 925. The Balaban J connectivity index is 1.78. The van der Waals surface area contributed by atoms with Crippen molar-refractivity contribution in [2.45, 2.75) is 31.1 Å². The lowest BCUT2D eigenvalue weighted by Gasteiger charge is -2.23. The molecule has 1 aromatic carbocycles. The molecule has 7 heteroatoms. The van der Waals surface area contributed by atoms with Crippen molar-refractivity contribution in [3.8, 4) is 0 Å². The summed E-state index contributed by atoms with van der Waals surface area (Å²) >= 11 is 0. The number of aromatic nitrogens is 4. The molecule has 1 atom stereocenters. The van der Waals surface area contributed by atoms with Crippen molar-refractivity contribution in [1.82, 2.24) is 19.6 Å². The third-order valence-electron chi connectivity index (χ3n) is 4.77. The van der Waals surface area contributed by atoms with Crippen LogP contribution in [0.2, 0.25) is 0 Å². The number of hydrogen-bond acceptors (Lipinski definition) is 5. The number of aryl methyl sites for hydroxylation is 1. The Kier molecular flexibility index (Phi) is 4.25. The number of fused-ring (bicyclic) bond motifs is 1. The molecule has 0 radical (unpaired) electrons. The largest absolute Gasteiger partial charge is 0.356 e. The van der Waals surface area contributed by atoms with E-state index >= 15 is 0 Å². The fraction of sp³-hybridized carbons (Fsp3) is 0.389. The van der Waals surface area contributed by atoms with Gasteiger partial charge in [0.15, 0.2) is 0 Å². The molecule has 0 saturated carbocycles. The van der Waals surface area contributed by atoms with Gasteiger partial charge in [-0.3, -0.25) is 4.78 Å². The summed E-state index contributed by atoms with van der Waals surface area (Å²) in [5.41, 5.74) is 3.47. The van der Waals surface area contributed by atoms with Crippen LogP contribution in [0.25, 0.3) is 5.78 Å². The monoisotopic (exact) mass is 354 g/mol. The molecule has 1 fully saturated rings. The second-order valence-corrected chi connectivity index (χ2v) is 7.99. The first-order valence-corrected chi connectivity index (χ1v) is 10.2. The topological polar surface area (TPSA) is 70.2 Å². The van der Waals surface area contributed by atoms with E-state index in [0.717, 1.165) is 35.9 Å². The maximum atomic E-state index is 7.86. The van der Waals surface area contributed by atoms with Crippen LogP contribution in [0.4, 0.5) is 5.82 Å². The van der Waals surface area contributed by atoms with E-state index in [-0.39, 0.29) is 0 Å². The molecule has 0 amide bonds. The first-order valence-electron chi connectivity index (χ1n) is 8.54.